The van der Waals surface area contributed by atoms with Gasteiger partial charge in [0.1, 0.15) is 60.6 Å². The average molecular weight is 2030 g/mol. The number of phenolic OH excluding ortho intramolecular Hbond substituents is 3. The number of alkyl halides is 2. The molecule has 0 saturated heterocycles. The molecule has 4 saturated carbocycles. The van der Waals surface area contributed by atoms with Gasteiger partial charge in [0.25, 0.3) is 0 Å². The quantitative estimate of drug-likeness (QED) is 0.0112. The smallest absolute Gasteiger partial charge is 0.367 e. The summed E-state index contributed by atoms with van der Waals surface area (Å²) in [5.41, 5.74) is 1.88. The molecule has 5 N–H and O–H groups in total. The molecule has 4 bridgehead atoms. The molecule has 4 aliphatic rings. The predicted molar refractivity (Wildman–Crippen MR) is 513 cm³/mol. The van der Waals surface area contributed by atoms with Crippen LogP contribution >= 0.6 is 0 Å². The molecule has 10 rings (SSSR count). The van der Waals surface area contributed by atoms with Gasteiger partial charge in [0.15, 0.2) is 16.7 Å². The Morgan fingerprint density at radius 1 is 0.408 bits per heavy atom. The van der Waals surface area contributed by atoms with Gasteiger partial charge in [-0.2, -0.15) is 8.78 Å². The Morgan fingerprint density at radius 2 is 0.803 bits per heavy atom. The first kappa shape index (κ1) is 123. The Kier molecular flexibility index (Phi) is 46.7. The highest BCUT2D eigenvalue weighted by Crippen LogP contribution is 2.63. The average Bonchev–Trinajstić information content (AvgIpc) is 0.710. The maximum absolute atomic E-state index is 13.7. The second-order valence-electron chi connectivity index (χ2n) is 32.1. The molecule has 730 valence electrons. The molecule has 36 nitrogen and oxygen atoms in total. The number of rotatable bonds is 44. The number of carbonyl (C=O) groups is 9. The van der Waals surface area contributed by atoms with Crippen molar-refractivity contribution in [3.63, 3.8) is 0 Å². The van der Waals surface area contributed by atoms with Crippen LogP contribution in [0.2, 0.25) is 0 Å². The Hall–Kier alpha value is -9.67. The molecule has 0 aromatic heterocycles. The predicted octanol–water partition coefficient (Wildman–Crippen LogP) is 0.133. The van der Waals surface area contributed by atoms with Crippen LogP contribution in [0.4, 0.5) is 8.78 Å². The van der Waals surface area contributed by atoms with Gasteiger partial charge in [-0.15, -0.1) is 0 Å². The van der Waals surface area contributed by atoms with E-state index in [2.05, 4.69) is 9.47 Å². The Balaban J connectivity index is 0.000000320. The number of aromatic carboxylic acids is 2. The third-order valence-electron chi connectivity index (χ3n) is 22.9. The van der Waals surface area contributed by atoms with Crippen molar-refractivity contribution in [3.8, 4) is 23.0 Å². The number of aromatic hydroxyl groups is 3. The van der Waals surface area contributed by atoms with Crippen LogP contribution in [-0.2, 0) is 190 Å². The Labute approximate surface area is 840 Å². The van der Waals surface area contributed by atoms with Gasteiger partial charge in [-0.25, -0.2) is 75.7 Å². The van der Waals surface area contributed by atoms with E-state index in [9.17, 15) is 142 Å². The van der Waals surface area contributed by atoms with Crippen molar-refractivity contribution in [3.05, 3.63) is 183 Å². The second-order valence-corrected chi connectivity index (χ2v) is 39.7. The molecule has 6 aromatic rings. The molecule has 6 aromatic carbocycles. The number of hydrogen-bond donors (Lipinski definition) is 5. The van der Waals surface area contributed by atoms with E-state index in [1.807, 2.05) is 0 Å². The van der Waals surface area contributed by atoms with Gasteiger partial charge in [-0.1, -0.05) is 154 Å². The third-order valence-corrected chi connectivity index (χ3v) is 26.4. The standard InChI is InChI=1S/C24H25B3F2O9S.C21H18B4O9S.C16H21B3O6S.C12H13B3O6S.C11H12B2O6S/c25-7-14-2-15(8-26)17(19(30)31)18(16(14)9-27)20(32)38-23-5-12-1-13(6-23)4-22(3-12,10-23)21(33)37-11-24(28,29)39(34,35)36;22-7-13-14(8-23)16(10-25)18(17(19(26)27)15(13)9-24)21(29)34-12-3-1-11(2-4-12)20(28)33-5-6-35(30,31)32;1-2-10(16(21)25-3-4-26(22,23)24)6-13-11(7-17)5-12(8-18)15(20)14(13)9-19;13-4-7-3-8(5-14)11(16)9(6-15)10(7)12(17)21-1-2-22(18,19)20;12-5-7-3-8(6-13)10(14)9(4-7)11(15)19-1-2-20(16,17)18/h2,12-13H,1,3-11H2,(H,30,31)(H,34,35,36);1-4H,5-10H2,(H,26,27)(H,30,31,32);5,10,20H,2-4,6-9H2,1H3,(H,22,23,24);3,16H,1-2,4-6H2,(H,18,19,20);3-4,14H,1-2,5-6H2,(H,16,17,18)/p-5. The van der Waals surface area contributed by atoms with E-state index in [0.717, 1.165) is 5.56 Å². The lowest BCUT2D eigenvalue weighted by Crippen LogP contribution is -2.60. The van der Waals surface area contributed by atoms with E-state index in [1.165, 1.54) is 42.5 Å². The number of carboxylic acid groups (broad SMARTS) is 2. The number of esters is 7. The lowest BCUT2D eigenvalue weighted by atomic mass is 9.48. The summed E-state index contributed by atoms with van der Waals surface area (Å²) in [5.74, 6) is -14.1. The molecule has 0 aliphatic heterocycles. The van der Waals surface area contributed by atoms with E-state index in [4.69, 9.17) is 141 Å². The van der Waals surface area contributed by atoms with Gasteiger partial charge in [-0.05, 0) is 143 Å². The maximum atomic E-state index is 13.7. The first-order valence-corrected chi connectivity index (χ1v) is 50.4. The molecule has 142 heavy (non-hydrogen) atoms. The van der Waals surface area contributed by atoms with E-state index >= 15 is 0 Å². The Morgan fingerprint density at radius 3 is 1.23 bits per heavy atom. The number of carbonyl (C=O) groups excluding carboxylic acids is 7. The normalized spacial score (nSPS) is 16.0. The molecule has 0 heterocycles. The van der Waals surface area contributed by atoms with Crippen LogP contribution in [0.3, 0.4) is 0 Å². The largest absolute Gasteiger partial charge is 0.748 e. The van der Waals surface area contributed by atoms with Gasteiger partial charge >= 0.3 is 59.0 Å². The van der Waals surface area contributed by atoms with Crippen molar-refractivity contribution in [1.82, 2.24) is 0 Å². The molecule has 3 unspecified atom stereocenters. The van der Waals surface area contributed by atoms with Crippen LogP contribution < -0.4 is 4.74 Å². The number of hydrogen-bond acceptors (Lipinski definition) is 34. The van der Waals surface area contributed by atoms with Crippen molar-refractivity contribution in [2.75, 3.05) is 56.0 Å². The van der Waals surface area contributed by atoms with Crippen LogP contribution in [0.25, 0.3) is 0 Å². The summed E-state index contributed by atoms with van der Waals surface area (Å²) >= 11 is 0. The van der Waals surface area contributed by atoms with E-state index in [0.29, 0.717) is 81.3 Å². The topological polar surface area (TPSA) is 605 Å². The molecule has 58 heteroatoms. The van der Waals surface area contributed by atoms with Crippen molar-refractivity contribution in [1.29, 1.82) is 0 Å². The first-order valence-electron chi connectivity index (χ1n) is 42.7. The molecule has 4 fully saturated rings. The molecule has 30 radical (unpaired) electrons. The highest BCUT2D eigenvalue weighted by molar-refractivity contribution is 7.87. The number of phenols is 3. The number of ether oxygens (including phenoxy) is 7. The molecular formula is C84H84B15F2O36S5-5. The summed E-state index contributed by atoms with van der Waals surface area (Å²) in [6.45, 7) is -2.45. The maximum Gasteiger partial charge on any atom is 0.367 e. The fourth-order valence-corrected chi connectivity index (χ4v) is 18.1. The highest BCUT2D eigenvalue weighted by atomic mass is 32.2. The molecule has 0 spiro atoms. The van der Waals surface area contributed by atoms with Crippen molar-refractivity contribution in [2.24, 2.45) is 23.2 Å². The van der Waals surface area contributed by atoms with Crippen LogP contribution in [0.5, 0.6) is 23.0 Å². The van der Waals surface area contributed by atoms with Crippen LogP contribution in [0, 0.1) is 23.2 Å². The molecular weight excluding hydrogens is 1950 g/mol. The third kappa shape index (κ3) is 33.2. The van der Waals surface area contributed by atoms with Gasteiger partial charge in [0, 0.05) is 12.0 Å². The van der Waals surface area contributed by atoms with Gasteiger partial charge in [-0.3, -0.25) is 9.59 Å². The lowest BCUT2D eigenvalue weighted by Gasteiger charge is -2.59. The van der Waals surface area contributed by atoms with Gasteiger partial charge in [0.05, 0.1) is 226 Å². The highest BCUT2D eigenvalue weighted by Gasteiger charge is 2.64. The monoisotopic (exact) mass is 2030 g/mol. The van der Waals surface area contributed by atoms with Crippen LogP contribution in [-0.4, -0.2) is 329 Å². The zero-order valence-corrected chi connectivity index (χ0v) is 80.5. The molecule has 0 amide bonds. The SMILES string of the molecule is [B]Cc1c(C[B])c(C[B])c(C(=O)Oc2ccc(C(=O)OCCS(=O)(=O)[O-])cc2)c(C(=O)O)c1C[B].[B]Cc1cc(C[B])c(C(=O)O)c(C(=O)OC23CC4CC(C2)CC(C(=O)OCC(F)(F)S(=O)(=O)[O-])(C4)C3)c1C[B].[B]Cc1cc(C[B])c(C(=O)OCCS(=O)(=O)[O-])c(C[B])c1O.[B]Cc1cc(C[B])c(CC(CC)C(=O)OCCS(=O)(=O)[O-])c(C[B])c1O.[B]Cc1cc(C[B])c(O)c(C(=O)OCCS(=O)(=O)[O-])c1. The minimum absolute atomic E-state index is 0.00507. The summed E-state index contributed by atoms with van der Waals surface area (Å²) in [4.78, 5) is 112. The van der Waals surface area contributed by atoms with E-state index in [1.54, 1.807) is 19.1 Å². The summed E-state index contributed by atoms with van der Waals surface area (Å²) in [7, 11) is 61.3. The van der Waals surface area contributed by atoms with Gasteiger partial charge < -0.3 is 81.5 Å². The lowest BCUT2D eigenvalue weighted by molar-refractivity contribution is -0.200. The molecule has 3 atom stereocenters. The zero-order valence-electron chi connectivity index (χ0n) is 76.4. The first-order chi connectivity index (χ1) is 66.3. The summed E-state index contributed by atoms with van der Waals surface area (Å²) in [5, 5.41) is 45.1. The van der Waals surface area contributed by atoms with Crippen LogP contribution in [0.1, 0.15) is 213 Å². The number of carboxylic acids is 2. The van der Waals surface area contributed by atoms with Crippen molar-refractivity contribution < 1.29 is 175 Å². The zero-order chi connectivity index (χ0) is 107. The number of benzene rings is 6. The number of halogens is 2. The van der Waals surface area contributed by atoms with E-state index < -0.39 is 183 Å². The minimum Gasteiger partial charge on any atom is -0.748 e. The fourth-order valence-electron chi connectivity index (χ4n) is 16.7. The summed E-state index contributed by atoms with van der Waals surface area (Å²) < 4.78 is 221. The van der Waals surface area contributed by atoms with Crippen LogP contribution in [0.15, 0.2) is 54.6 Å². The van der Waals surface area contributed by atoms with Gasteiger partial charge in [0.2, 0.25) is 0 Å². The fraction of sp³-hybridized carbons (Fsp3) is 0.464. The minimum atomic E-state index is -6.05. The van der Waals surface area contributed by atoms with E-state index in [-0.39, 0.29) is 222 Å². The summed E-state index contributed by atoms with van der Waals surface area (Å²) in [6.07, 6.45) is 1.70. The van der Waals surface area contributed by atoms with Crippen molar-refractivity contribution in [2.45, 2.75) is 164 Å². The summed E-state index contributed by atoms with van der Waals surface area (Å²) in [6, 6.07) is 12.4. The second kappa shape index (κ2) is 54.0. The van der Waals surface area contributed by atoms with Crippen molar-refractivity contribution >= 4 is 222 Å². The molecule has 4 aliphatic carbocycles. The Bertz CT molecular complexity index is 6210.